The zero-order valence-electron chi connectivity index (χ0n) is 12.6. The van der Waals surface area contributed by atoms with E-state index in [9.17, 15) is 0 Å². The highest BCUT2D eigenvalue weighted by atomic mass is 15.0. The van der Waals surface area contributed by atoms with Crippen LogP contribution in [0.3, 0.4) is 0 Å². The van der Waals surface area contributed by atoms with Crippen LogP contribution in [0.25, 0.3) is 0 Å². The van der Waals surface area contributed by atoms with Gasteiger partial charge in [-0.15, -0.1) is 0 Å². The molecule has 2 fully saturated rings. The molecule has 3 rings (SSSR count). The van der Waals surface area contributed by atoms with Crippen molar-refractivity contribution in [3.63, 3.8) is 0 Å². The van der Waals surface area contributed by atoms with Crippen LogP contribution in [0.15, 0.2) is 18.3 Å². The molecule has 2 heterocycles. The van der Waals surface area contributed by atoms with Gasteiger partial charge < -0.3 is 10.6 Å². The van der Waals surface area contributed by atoms with Crippen LogP contribution in [-0.2, 0) is 6.54 Å². The van der Waals surface area contributed by atoms with Gasteiger partial charge in [-0.2, -0.15) is 0 Å². The van der Waals surface area contributed by atoms with Crippen molar-refractivity contribution < 1.29 is 0 Å². The minimum atomic E-state index is 0.681. The summed E-state index contributed by atoms with van der Waals surface area (Å²) < 4.78 is 0. The van der Waals surface area contributed by atoms with Crippen LogP contribution in [0.5, 0.6) is 0 Å². The maximum Gasteiger partial charge on any atom is 0.0372 e. The lowest BCUT2D eigenvalue weighted by atomic mass is 9.79. The molecule has 0 radical (unpaired) electrons. The third-order valence-corrected chi connectivity index (χ3v) is 4.98. The summed E-state index contributed by atoms with van der Waals surface area (Å²) >= 11 is 0. The number of nitrogens with zero attached hydrogens (tertiary/aromatic N) is 1. The molecular formula is C17H27N3. The fraction of sp³-hybridized carbons (Fsp3) is 0.706. The first-order valence-electron chi connectivity index (χ1n) is 8.21. The maximum absolute atomic E-state index is 4.39. The molecule has 1 saturated carbocycles. The van der Waals surface area contributed by atoms with E-state index in [1.807, 2.05) is 13.1 Å². The molecule has 0 spiro atoms. The van der Waals surface area contributed by atoms with Crippen LogP contribution < -0.4 is 10.6 Å². The second-order valence-corrected chi connectivity index (χ2v) is 6.45. The van der Waals surface area contributed by atoms with Gasteiger partial charge in [0.05, 0.1) is 0 Å². The van der Waals surface area contributed by atoms with Gasteiger partial charge in [0.1, 0.15) is 0 Å². The topological polar surface area (TPSA) is 37.0 Å². The summed E-state index contributed by atoms with van der Waals surface area (Å²) in [5.41, 5.74) is 2.40. The SMILES string of the molecule is Cc1ccc(CNC2CCCCC2C2CCCN2)cn1. The molecule has 20 heavy (non-hydrogen) atoms. The highest BCUT2D eigenvalue weighted by Crippen LogP contribution is 2.30. The Labute approximate surface area is 122 Å². The quantitative estimate of drug-likeness (QED) is 0.886. The van der Waals surface area contributed by atoms with Crippen LogP contribution in [0, 0.1) is 12.8 Å². The molecule has 1 aliphatic carbocycles. The van der Waals surface area contributed by atoms with Crippen molar-refractivity contribution in [2.75, 3.05) is 6.54 Å². The van der Waals surface area contributed by atoms with Crippen molar-refractivity contribution in [3.8, 4) is 0 Å². The Balaban J connectivity index is 1.57. The smallest absolute Gasteiger partial charge is 0.0372 e. The lowest BCUT2D eigenvalue weighted by Crippen LogP contribution is -2.46. The molecular weight excluding hydrogens is 246 g/mol. The Morgan fingerprint density at radius 3 is 2.85 bits per heavy atom. The third-order valence-electron chi connectivity index (χ3n) is 4.98. The van der Waals surface area contributed by atoms with Crippen LogP contribution in [0.2, 0.25) is 0 Å². The molecule has 3 nitrogen and oxygen atoms in total. The van der Waals surface area contributed by atoms with E-state index in [-0.39, 0.29) is 0 Å². The Kier molecular flexibility index (Phi) is 4.69. The number of pyridine rings is 1. The highest BCUT2D eigenvalue weighted by molar-refractivity contribution is 5.13. The third kappa shape index (κ3) is 3.39. The summed E-state index contributed by atoms with van der Waals surface area (Å²) in [6.07, 6.45) is 10.3. The molecule has 110 valence electrons. The first-order valence-corrected chi connectivity index (χ1v) is 8.21. The van der Waals surface area contributed by atoms with E-state index in [0.717, 1.165) is 24.2 Å². The van der Waals surface area contributed by atoms with E-state index in [4.69, 9.17) is 0 Å². The Morgan fingerprint density at radius 2 is 2.10 bits per heavy atom. The number of aromatic nitrogens is 1. The molecule has 0 bridgehead atoms. The number of nitrogens with one attached hydrogen (secondary N) is 2. The molecule has 3 heteroatoms. The molecule has 0 amide bonds. The molecule has 2 N–H and O–H groups in total. The van der Waals surface area contributed by atoms with Gasteiger partial charge in [0.2, 0.25) is 0 Å². The molecule has 1 aromatic rings. The van der Waals surface area contributed by atoms with Gasteiger partial charge in [0, 0.05) is 30.5 Å². The summed E-state index contributed by atoms with van der Waals surface area (Å²) in [4.78, 5) is 4.39. The van der Waals surface area contributed by atoms with Crippen molar-refractivity contribution in [2.45, 2.75) is 64.1 Å². The highest BCUT2D eigenvalue weighted by Gasteiger charge is 2.32. The van der Waals surface area contributed by atoms with Crippen molar-refractivity contribution in [1.29, 1.82) is 0 Å². The summed E-state index contributed by atoms with van der Waals surface area (Å²) in [6.45, 7) is 4.22. The Hall–Kier alpha value is -0.930. The van der Waals surface area contributed by atoms with Crippen LogP contribution in [-0.4, -0.2) is 23.6 Å². The monoisotopic (exact) mass is 273 g/mol. The first kappa shape index (κ1) is 14.0. The summed E-state index contributed by atoms with van der Waals surface area (Å²) in [5, 5.41) is 7.51. The molecule has 3 atom stereocenters. The van der Waals surface area contributed by atoms with Gasteiger partial charge in [0.25, 0.3) is 0 Å². The van der Waals surface area contributed by atoms with Crippen LogP contribution in [0.1, 0.15) is 49.8 Å². The summed E-state index contributed by atoms with van der Waals surface area (Å²) in [7, 11) is 0. The molecule has 1 aromatic heterocycles. The molecule has 0 aromatic carbocycles. The number of hydrogen-bond donors (Lipinski definition) is 2. The Bertz CT molecular complexity index is 409. The van der Waals surface area contributed by atoms with E-state index in [0.29, 0.717) is 6.04 Å². The van der Waals surface area contributed by atoms with Crippen molar-refractivity contribution in [2.24, 2.45) is 5.92 Å². The van der Waals surface area contributed by atoms with Crippen LogP contribution in [0.4, 0.5) is 0 Å². The minimum Gasteiger partial charge on any atom is -0.314 e. The largest absolute Gasteiger partial charge is 0.314 e. The van der Waals surface area contributed by atoms with Crippen molar-refractivity contribution in [3.05, 3.63) is 29.6 Å². The molecule has 3 unspecified atom stereocenters. The lowest BCUT2D eigenvalue weighted by molar-refractivity contribution is 0.213. The van der Waals surface area contributed by atoms with Gasteiger partial charge in [-0.05, 0) is 56.7 Å². The number of hydrogen-bond acceptors (Lipinski definition) is 3. The van der Waals surface area contributed by atoms with Crippen molar-refractivity contribution in [1.82, 2.24) is 15.6 Å². The minimum absolute atomic E-state index is 0.681. The number of aryl methyl sites for hydroxylation is 1. The van der Waals surface area contributed by atoms with Gasteiger partial charge in [-0.3, -0.25) is 4.98 Å². The second kappa shape index (κ2) is 6.68. The fourth-order valence-corrected chi connectivity index (χ4v) is 3.82. The van der Waals surface area contributed by atoms with E-state index in [2.05, 4.69) is 27.8 Å². The number of rotatable bonds is 4. The average molecular weight is 273 g/mol. The molecule has 2 aliphatic rings. The van der Waals surface area contributed by atoms with Gasteiger partial charge in [-0.25, -0.2) is 0 Å². The normalized spacial score (nSPS) is 30.6. The Morgan fingerprint density at radius 1 is 1.20 bits per heavy atom. The predicted octanol–water partition coefficient (Wildman–Crippen LogP) is 2.79. The predicted molar refractivity (Wildman–Crippen MR) is 82.6 cm³/mol. The van der Waals surface area contributed by atoms with E-state index in [1.54, 1.807) is 0 Å². The first-order chi connectivity index (χ1) is 9.83. The van der Waals surface area contributed by atoms with Crippen LogP contribution >= 0.6 is 0 Å². The average Bonchev–Trinajstić information content (AvgIpc) is 3.01. The van der Waals surface area contributed by atoms with E-state index in [1.165, 1.54) is 50.6 Å². The second-order valence-electron chi connectivity index (χ2n) is 6.45. The van der Waals surface area contributed by atoms with Gasteiger partial charge >= 0.3 is 0 Å². The summed E-state index contributed by atoms with van der Waals surface area (Å²) in [6, 6.07) is 5.74. The van der Waals surface area contributed by atoms with E-state index < -0.39 is 0 Å². The fourth-order valence-electron chi connectivity index (χ4n) is 3.82. The van der Waals surface area contributed by atoms with Crippen molar-refractivity contribution >= 4 is 0 Å². The summed E-state index contributed by atoms with van der Waals surface area (Å²) in [5.74, 6) is 0.824. The molecule has 1 saturated heterocycles. The maximum atomic E-state index is 4.39. The van der Waals surface area contributed by atoms with Gasteiger partial charge in [-0.1, -0.05) is 18.9 Å². The van der Waals surface area contributed by atoms with E-state index >= 15 is 0 Å². The standard InChI is InChI=1S/C17H27N3/c1-13-8-9-14(11-19-13)12-20-17-6-3-2-5-15(17)16-7-4-10-18-16/h8-9,11,15-18,20H,2-7,10,12H2,1H3. The zero-order chi connectivity index (χ0) is 13.8. The lowest BCUT2D eigenvalue weighted by Gasteiger charge is -2.36. The van der Waals surface area contributed by atoms with Gasteiger partial charge in [0.15, 0.2) is 0 Å². The molecule has 1 aliphatic heterocycles. The zero-order valence-corrected chi connectivity index (χ0v) is 12.6.